The average molecular weight is 582 g/mol. The van der Waals surface area contributed by atoms with Gasteiger partial charge in [-0.25, -0.2) is 12.8 Å². The van der Waals surface area contributed by atoms with E-state index in [1.807, 2.05) is 63.2 Å². The third kappa shape index (κ3) is 9.14. The van der Waals surface area contributed by atoms with Gasteiger partial charge in [-0.3, -0.25) is 13.9 Å². The number of sulfonamides is 1. The first-order valence-corrected chi connectivity index (χ1v) is 15.8. The Morgan fingerprint density at radius 3 is 2.24 bits per heavy atom. The maximum absolute atomic E-state index is 13.8. The second-order valence-electron chi connectivity index (χ2n) is 10.3. The van der Waals surface area contributed by atoms with Crippen molar-refractivity contribution >= 4 is 27.5 Å². The molecule has 41 heavy (non-hydrogen) atoms. The summed E-state index contributed by atoms with van der Waals surface area (Å²) in [5.74, 6) is -0.934. The van der Waals surface area contributed by atoms with E-state index < -0.39 is 16.1 Å². The lowest BCUT2D eigenvalue weighted by molar-refractivity contribution is -0.141. The van der Waals surface area contributed by atoms with Gasteiger partial charge in [0.1, 0.15) is 11.9 Å². The fraction of sp³-hybridized carbons (Fsp3) is 0.375. The largest absolute Gasteiger partial charge is 0.354 e. The Morgan fingerprint density at radius 2 is 1.61 bits per heavy atom. The number of benzene rings is 3. The number of halogens is 1. The zero-order valence-corrected chi connectivity index (χ0v) is 25.1. The minimum absolute atomic E-state index is 0.0322. The summed E-state index contributed by atoms with van der Waals surface area (Å²) >= 11 is 0. The molecule has 3 rings (SSSR count). The van der Waals surface area contributed by atoms with Crippen molar-refractivity contribution in [1.29, 1.82) is 0 Å². The molecule has 0 radical (unpaired) electrons. The van der Waals surface area contributed by atoms with Crippen LogP contribution in [0.1, 0.15) is 48.4 Å². The van der Waals surface area contributed by atoms with E-state index in [-0.39, 0.29) is 43.6 Å². The van der Waals surface area contributed by atoms with Gasteiger partial charge in [-0.1, -0.05) is 61.5 Å². The molecule has 0 heterocycles. The number of carbonyl (C=O) groups excluding carboxylic acids is 2. The maximum Gasteiger partial charge on any atom is 0.243 e. The van der Waals surface area contributed by atoms with E-state index in [4.69, 9.17) is 0 Å². The zero-order chi connectivity index (χ0) is 30.0. The highest BCUT2D eigenvalue weighted by Gasteiger charge is 2.30. The molecular formula is C32H40FN3O4S. The van der Waals surface area contributed by atoms with Crippen molar-refractivity contribution in [3.05, 3.63) is 101 Å². The van der Waals surface area contributed by atoms with Crippen molar-refractivity contribution in [3.63, 3.8) is 0 Å². The van der Waals surface area contributed by atoms with Crippen molar-refractivity contribution in [3.8, 4) is 0 Å². The molecule has 0 spiro atoms. The summed E-state index contributed by atoms with van der Waals surface area (Å²) in [5, 5.41) is 2.93. The number of rotatable bonds is 14. The van der Waals surface area contributed by atoms with E-state index in [1.54, 1.807) is 18.2 Å². The van der Waals surface area contributed by atoms with Gasteiger partial charge in [-0.05, 0) is 67.1 Å². The second-order valence-corrected chi connectivity index (χ2v) is 12.2. The summed E-state index contributed by atoms with van der Waals surface area (Å²) in [6.07, 6.45) is 2.50. The van der Waals surface area contributed by atoms with E-state index in [2.05, 4.69) is 5.32 Å². The predicted octanol–water partition coefficient (Wildman–Crippen LogP) is 5.16. The number of nitrogens with zero attached hydrogens (tertiary/aromatic N) is 2. The molecule has 0 saturated carbocycles. The van der Waals surface area contributed by atoms with Crippen molar-refractivity contribution < 1.29 is 22.4 Å². The van der Waals surface area contributed by atoms with Gasteiger partial charge in [0.15, 0.2) is 0 Å². The molecule has 2 amide bonds. The third-order valence-corrected chi connectivity index (χ3v) is 8.26. The van der Waals surface area contributed by atoms with Crippen LogP contribution < -0.4 is 9.62 Å². The fourth-order valence-corrected chi connectivity index (χ4v) is 5.71. The molecule has 0 unspecified atom stereocenters. The van der Waals surface area contributed by atoms with Crippen LogP contribution in [-0.4, -0.2) is 50.5 Å². The minimum Gasteiger partial charge on any atom is -0.354 e. The van der Waals surface area contributed by atoms with Gasteiger partial charge in [0.2, 0.25) is 21.8 Å². The van der Waals surface area contributed by atoms with E-state index in [0.29, 0.717) is 24.2 Å². The Balaban J connectivity index is 1.88. The molecule has 0 saturated heterocycles. The molecule has 1 N–H and O–H groups in total. The van der Waals surface area contributed by atoms with Gasteiger partial charge in [0.25, 0.3) is 0 Å². The normalized spacial score (nSPS) is 12.0. The van der Waals surface area contributed by atoms with Crippen LogP contribution in [0, 0.1) is 19.7 Å². The third-order valence-electron chi connectivity index (χ3n) is 7.08. The number of nitrogens with one attached hydrogen (secondary N) is 1. The summed E-state index contributed by atoms with van der Waals surface area (Å²) in [6.45, 7) is 6.46. The van der Waals surface area contributed by atoms with Crippen molar-refractivity contribution in [2.75, 3.05) is 23.7 Å². The molecule has 3 aromatic carbocycles. The number of hydrogen-bond acceptors (Lipinski definition) is 4. The molecule has 9 heteroatoms. The molecule has 0 aromatic heterocycles. The molecule has 0 bridgehead atoms. The second kappa shape index (κ2) is 14.8. The number of carbonyl (C=O) groups is 2. The summed E-state index contributed by atoms with van der Waals surface area (Å²) in [5.41, 5.74) is 4.01. The number of hydrogen-bond donors (Lipinski definition) is 1. The van der Waals surface area contributed by atoms with Crippen LogP contribution in [0.15, 0.2) is 72.8 Å². The molecule has 220 valence electrons. The lowest BCUT2D eigenvalue weighted by atomic mass is 10.0. The Labute approximate surface area is 243 Å². The molecule has 0 aliphatic heterocycles. The van der Waals surface area contributed by atoms with Gasteiger partial charge in [-0.15, -0.1) is 0 Å². The number of anilines is 1. The number of amides is 2. The van der Waals surface area contributed by atoms with Gasteiger partial charge in [0.05, 0.1) is 11.9 Å². The van der Waals surface area contributed by atoms with Crippen LogP contribution in [-0.2, 0) is 32.6 Å². The molecule has 7 nitrogen and oxygen atoms in total. The van der Waals surface area contributed by atoms with Crippen molar-refractivity contribution in [2.45, 2.75) is 59.0 Å². The minimum atomic E-state index is -3.60. The zero-order valence-electron chi connectivity index (χ0n) is 24.3. The smallest absolute Gasteiger partial charge is 0.243 e. The van der Waals surface area contributed by atoms with E-state index in [1.165, 1.54) is 21.3 Å². The first kappa shape index (κ1) is 31.8. The summed E-state index contributed by atoms with van der Waals surface area (Å²) in [7, 11) is -3.60. The molecule has 0 fully saturated rings. The summed E-state index contributed by atoms with van der Waals surface area (Å²) in [4.78, 5) is 28.8. The fourth-order valence-electron chi connectivity index (χ4n) is 4.69. The molecule has 1 atom stereocenters. The SMILES string of the molecule is CCCNC(=O)[C@@H](Cc1ccccc1)N(Cc1ccc(F)cc1)C(=O)CCCN(c1cccc(C)c1C)S(C)(=O)=O. The first-order chi connectivity index (χ1) is 19.5. The first-order valence-electron chi connectivity index (χ1n) is 13.9. The monoisotopic (exact) mass is 581 g/mol. The summed E-state index contributed by atoms with van der Waals surface area (Å²) in [6, 6.07) is 20.0. The highest BCUT2D eigenvalue weighted by molar-refractivity contribution is 7.92. The van der Waals surface area contributed by atoms with Crippen LogP contribution in [0.5, 0.6) is 0 Å². The molecule has 0 aliphatic rings. The topological polar surface area (TPSA) is 86.8 Å². The number of aryl methyl sites for hydroxylation is 1. The van der Waals surface area contributed by atoms with Gasteiger partial charge >= 0.3 is 0 Å². The highest BCUT2D eigenvalue weighted by atomic mass is 32.2. The molecule has 3 aromatic rings. The van der Waals surface area contributed by atoms with Gasteiger partial charge in [0, 0.05) is 32.5 Å². The van der Waals surface area contributed by atoms with E-state index in [0.717, 1.165) is 29.4 Å². The van der Waals surface area contributed by atoms with E-state index in [9.17, 15) is 22.4 Å². The van der Waals surface area contributed by atoms with Gasteiger partial charge in [-0.2, -0.15) is 0 Å². The van der Waals surface area contributed by atoms with Crippen LogP contribution in [0.25, 0.3) is 0 Å². The molecular weight excluding hydrogens is 541 g/mol. The van der Waals surface area contributed by atoms with Gasteiger partial charge < -0.3 is 10.2 Å². The van der Waals surface area contributed by atoms with Crippen LogP contribution in [0.3, 0.4) is 0 Å². The van der Waals surface area contributed by atoms with E-state index >= 15 is 0 Å². The quantitative estimate of drug-likeness (QED) is 0.285. The standard InChI is InChI=1S/C32H40FN3O4S/c1-5-20-34-32(38)30(22-26-12-7-6-8-13-26)35(23-27-16-18-28(33)19-17-27)31(37)15-10-21-36(41(4,39)40)29-14-9-11-24(2)25(29)3/h6-9,11-14,16-19,30H,5,10,15,20-23H2,1-4H3,(H,34,38)/t30-/m1/s1. The Kier molecular flexibility index (Phi) is 11.5. The average Bonchev–Trinajstić information content (AvgIpc) is 2.94. The van der Waals surface area contributed by atoms with Crippen molar-refractivity contribution in [2.24, 2.45) is 0 Å². The van der Waals surface area contributed by atoms with Crippen molar-refractivity contribution in [1.82, 2.24) is 10.2 Å². The summed E-state index contributed by atoms with van der Waals surface area (Å²) < 4.78 is 40.4. The van der Waals surface area contributed by atoms with Crippen LogP contribution in [0.2, 0.25) is 0 Å². The Morgan fingerprint density at radius 1 is 0.927 bits per heavy atom. The van der Waals surface area contributed by atoms with Crippen LogP contribution in [0.4, 0.5) is 10.1 Å². The van der Waals surface area contributed by atoms with Crippen LogP contribution >= 0.6 is 0 Å². The Bertz CT molecular complexity index is 1410. The highest BCUT2D eigenvalue weighted by Crippen LogP contribution is 2.26. The molecule has 0 aliphatic carbocycles. The lowest BCUT2D eigenvalue weighted by Crippen LogP contribution is -2.50. The predicted molar refractivity (Wildman–Crippen MR) is 162 cm³/mol. The maximum atomic E-state index is 13.8. The lowest BCUT2D eigenvalue weighted by Gasteiger charge is -2.32. The Hall–Kier alpha value is -3.72.